The smallest absolute Gasteiger partial charge is 0.243 e. The van der Waals surface area contributed by atoms with Crippen LogP contribution in [0.15, 0.2) is 65.8 Å². The van der Waals surface area contributed by atoms with E-state index >= 15 is 0 Å². The summed E-state index contributed by atoms with van der Waals surface area (Å²) >= 11 is 0. The van der Waals surface area contributed by atoms with Crippen molar-refractivity contribution >= 4 is 34.2 Å². The quantitative estimate of drug-likeness (QED) is 0.575. The van der Waals surface area contributed by atoms with Crippen LogP contribution >= 0.6 is 0 Å². The fraction of sp³-hybridized carbons (Fsp3) is 0.240. The molecule has 0 radical (unpaired) electrons. The van der Waals surface area contributed by atoms with E-state index in [-0.39, 0.29) is 24.3 Å². The maximum Gasteiger partial charge on any atom is 0.243 e. The van der Waals surface area contributed by atoms with Crippen molar-refractivity contribution in [3.8, 4) is 11.5 Å². The lowest BCUT2D eigenvalue weighted by molar-refractivity contribution is -0.135. The zero-order valence-corrected chi connectivity index (χ0v) is 18.9. The van der Waals surface area contributed by atoms with Gasteiger partial charge in [0, 0.05) is 24.8 Å². The molecule has 0 saturated heterocycles. The van der Waals surface area contributed by atoms with E-state index in [4.69, 9.17) is 14.2 Å². The first-order valence-corrected chi connectivity index (χ1v) is 10.5. The van der Waals surface area contributed by atoms with Gasteiger partial charge in [-0.2, -0.15) is 5.01 Å². The molecule has 3 aromatic carbocycles. The molecular formula is C25H25N3O5. The van der Waals surface area contributed by atoms with Gasteiger partial charge in [-0.25, -0.2) is 0 Å². The van der Waals surface area contributed by atoms with Gasteiger partial charge >= 0.3 is 0 Å². The average Bonchev–Trinajstić information content (AvgIpc) is 3.26. The molecule has 33 heavy (non-hydrogen) atoms. The van der Waals surface area contributed by atoms with E-state index in [0.717, 1.165) is 16.5 Å². The topological polar surface area (TPSA) is 80.7 Å². The Hall–Kier alpha value is -4.07. The van der Waals surface area contributed by atoms with Crippen molar-refractivity contribution in [2.24, 2.45) is 5.10 Å². The van der Waals surface area contributed by atoms with Gasteiger partial charge in [-0.1, -0.05) is 36.4 Å². The summed E-state index contributed by atoms with van der Waals surface area (Å²) in [5.41, 5.74) is 1.37. The zero-order valence-electron chi connectivity index (χ0n) is 18.9. The Morgan fingerprint density at radius 1 is 1.00 bits per heavy atom. The van der Waals surface area contributed by atoms with Crippen LogP contribution in [0.1, 0.15) is 19.4 Å². The minimum atomic E-state index is -0.784. The number of ether oxygens (including phenoxy) is 3. The number of nitrogens with zero attached hydrogens (tertiary/aromatic N) is 3. The molecule has 3 aromatic rings. The summed E-state index contributed by atoms with van der Waals surface area (Å²) in [6.07, 6.45) is -0.784. The van der Waals surface area contributed by atoms with Crippen LogP contribution in [0.3, 0.4) is 0 Å². The van der Waals surface area contributed by atoms with Crippen molar-refractivity contribution in [1.82, 2.24) is 5.01 Å². The summed E-state index contributed by atoms with van der Waals surface area (Å²) in [6.45, 7) is 3.02. The Morgan fingerprint density at radius 3 is 2.42 bits per heavy atom. The van der Waals surface area contributed by atoms with E-state index in [1.165, 1.54) is 18.9 Å². The summed E-state index contributed by atoms with van der Waals surface area (Å²) < 4.78 is 16.7. The predicted molar refractivity (Wildman–Crippen MR) is 125 cm³/mol. The third-order valence-corrected chi connectivity index (χ3v) is 5.45. The number of rotatable bonds is 6. The van der Waals surface area contributed by atoms with E-state index in [2.05, 4.69) is 5.10 Å². The third kappa shape index (κ3) is 4.32. The monoisotopic (exact) mass is 447 g/mol. The van der Waals surface area contributed by atoms with Crippen LogP contribution < -0.4 is 14.4 Å². The summed E-state index contributed by atoms with van der Waals surface area (Å²) in [7, 11) is 3.09. The van der Waals surface area contributed by atoms with Crippen LogP contribution in [0.2, 0.25) is 0 Å². The van der Waals surface area contributed by atoms with Crippen LogP contribution in [-0.2, 0) is 14.3 Å². The number of hydrogen-bond acceptors (Lipinski definition) is 6. The molecule has 1 heterocycles. The summed E-state index contributed by atoms with van der Waals surface area (Å²) in [4.78, 5) is 26.6. The van der Waals surface area contributed by atoms with Crippen LogP contribution in [0.4, 0.5) is 5.69 Å². The van der Waals surface area contributed by atoms with Crippen LogP contribution in [0, 0.1) is 0 Å². The minimum absolute atomic E-state index is 0.114. The number of fused-ring (bicyclic) bond motifs is 1. The van der Waals surface area contributed by atoms with Crippen molar-refractivity contribution in [3.05, 3.63) is 66.2 Å². The highest BCUT2D eigenvalue weighted by Gasteiger charge is 2.35. The maximum atomic E-state index is 12.7. The third-order valence-electron chi connectivity index (χ3n) is 5.45. The van der Waals surface area contributed by atoms with Crippen LogP contribution in [-0.4, -0.2) is 49.7 Å². The number of methoxy groups -OCH3 is 2. The Labute approximate surface area is 191 Å². The molecule has 8 nitrogen and oxygen atoms in total. The largest absolute Gasteiger partial charge is 0.493 e. The molecule has 0 saturated carbocycles. The van der Waals surface area contributed by atoms with Crippen molar-refractivity contribution in [3.63, 3.8) is 0 Å². The fourth-order valence-corrected chi connectivity index (χ4v) is 3.84. The van der Waals surface area contributed by atoms with Crippen molar-refractivity contribution < 1.29 is 23.8 Å². The van der Waals surface area contributed by atoms with Gasteiger partial charge < -0.3 is 19.1 Å². The number of amides is 2. The van der Waals surface area contributed by atoms with Crippen LogP contribution in [0.5, 0.6) is 11.5 Å². The van der Waals surface area contributed by atoms with Gasteiger partial charge in [-0.05, 0) is 29.7 Å². The molecule has 0 aliphatic carbocycles. The molecule has 0 aromatic heterocycles. The standard InChI is InChI=1S/C25H25N3O5/c1-16(29)27(21-11-7-9-18-8-5-6-10-20(18)21)15-24-28(17(2)30)26-25(33-24)19-12-13-22(31-3)23(14-19)32-4/h5-14,24H,15H2,1-4H3/t24-/m1/s1. The molecule has 8 heteroatoms. The Bertz CT molecular complexity index is 1230. The molecule has 0 N–H and O–H groups in total. The number of benzene rings is 3. The minimum Gasteiger partial charge on any atom is -0.493 e. The van der Waals surface area contributed by atoms with E-state index < -0.39 is 6.23 Å². The maximum absolute atomic E-state index is 12.7. The molecule has 2 amide bonds. The second kappa shape index (κ2) is 9.20. The lowest BCUT2D eigenvalue weighted by atomic mass is 10.1. The first kappa shape index (κ1) is 22.1. The van der Waals surface area contributed by atoms with Gasteiger partial charge in [-0.15, -0.1) is 5.10 Å². The zero-order chi connectivity index (χ0) is 23.5. The summed E-state index contributed by atoms with van der Waals surface area (Å²) in [5.74, 6) is 0.881. The van der Waals surface area contributed by atoms with Crippen molar-refractivity contribution in [1.29, 1.82) is 0 Å². The number of carbonyl (C=O) groups is 2. The summed E-state index contributed by atoms with van der Waals surface area (Å²) in [6, 6.07) is 18.8. The highest BCUT2D eigenvalue weighted by Crippen LogP contribution is 2.31. The normalized spacial score (nSPS) is 15.1. The van der Waals surface area contributed by atoms with Gasteiger partial charge in [0.1, 0.15) is 0 Å². The van der Waals surface area contributed by atoms with E-state index in [1.807, 2.05) is 42.5 Å². The van der Waals surface area contributed by atoms with E-state index in [1.54, 1.807) is 37.3 Å². The predicted octanol–water partition coefficient (Wildman–Crippen LogP) is 3.78. The molecule has 170 valence electrons. The SMILES string of the molecule is COc1ccc(C2=NN(C(C)=O)[C@@H](CN(C(C)=O)c3cccc4ccccc34)O2)cc1OC. The van der Waals surface area contributed by atoms with E-state index in [0.29, 0.717) is 17.1 Å². The Balaban J connectivity index is 1.66. The second-order valence-electron chi connectivity index (χ2n) is 7.54. The van der Waals surface area contributed by atoms with Crippen molar-refractivity contribution in [2.75, 3.05) is 25.7 Å². The van der Waals surface area contributed by atoms with Gasteiger partial charge in [0.15, 0.2) is 11.5 Å². The van der Waals surface area contributed by atoms with Crippen LogP contribution in [0.25, 0.3) is 10.8 Å². The molecule has 1 atom stereocenters. The first-order valence-electron chi connectivity index (χ1n) is 10.5. The molecule has 1 aliphatic heterocycles. The van der Waals surface area contributed by atoms with Gasteiger partial charge in [-0.3, -0.25) is 9.59 Å². The molecule has 0 bridgehead atoms. The Kier molecular flexibility index (Phi) is 6.17. The Morgan fingerprint density at radius 2 is 1.73 bits per heavy atom. The number of hydrogen-bond donors (Lipinski definition) is 0. The number of hydrazone groups is 1. The molecule has 1 aliphatic rings. The molecule has 0 fully saturated rings. The van der Waals surface area contributed by atoms with E-state index in [9.17, 15) is 9.59 Å². The summed E-state index contributed by atoms with van der Waals surface area (Å²) in [5, 5.41) is 7.59. The molecule has 4 rings (SSSR count). The van der Waals surface area contributed by atoms with Gasteiger partial charge in [0.25, 0.3) is 0 Å². The van der Waals surface area contributed by atoms with Crippen molar-refractivity contribution in [2.45, 2.75) is 20.1 Å². The lowest BCUT2D eigenvalue weighted by Gasteiger charge is -2.28. The number of carbonyl (C=O) groups excluding carboxylic acids is 2. The highest BCUT2D eigenvalue weighted by atomic mass is 16.5. The first-order chi connectivity index (χ1) is 15.9. The highest BCUT2D eigenvalue weighted by molar-refractivity contribution is 6.03. The molecule has 0 spiro atoms. The average molecular weight is 447 g/mol. The molecular weight excluding hydrogens is 422 g/mol. The lowest BCUT2D eigenvalue weighted by Crippen LogP contribution is -2.44. The number of anilines is 1. The van der Waals surface area contributed by atoms with Gasteiger partial charge in [0.2, 0.25) is 23.9 Å². The second-order valence-corrected chi connectivity index (χ2v) is 7.54. The van der Waals surface area contributed by atoms with Gasteiger partial charge in [0.05, 0.1) is 26.5 Å². The molecule has 0 unspecified atom stereocenters. The fourth-order valence-electron chi connectivity index (χ4n) is 3.84.